The third-order valence-corrected chi connectivity index (χ3v) is 2.11. The SMILES string of the molecule is C[C@H](NCl)c1ccc(Cl)cc1. The lowest BCUT2D eigenvalue weighted by Gasteiger charge is -2.07. The maximum absolute atomic E-state index is 5.71. The van der Waals surface area contributed by atoms with E-state index in [-0.39, 0.29) is 6.04 Å². The van der Waals surface area contributed by atoms with Crippen LogP contribution in [-0.4, -0.2) is 0 Å². The van der Waals surface area contributed by atoms with E-state index in [9.17, 15) is 0 Å². The molecule has 0 heterocycles. The van der Waals surface area contributed by atoms with Gasteiger partial charge in [-0.2, -0.15) is 0 Å². The van der Waals surface area contributed by atoms with E-state index in [1.54, 1.807) is 0 Å². The Kier molecular flexibility index (Phi) is 3.18. The van der Waals surface area contributed by atoms with Gasteiger partial charge in [-0.05, 0) is 36.4 Å². The summed E-state index contributed by atoms with van der Waals surface area (Å²) < 4.78 is 0. The van der Waals surface area contributed by atoms with Crippen molar-refractivity contribution in [2.24, 2.45) is 0 Å². The predicted octanol–water partition coefficient (Wildman–Crippen LogP) is 3.14. The Labute approximate surface area is 76.4 Å². The normalized spacial score (nSPS) is 13.0. The van der Waals surface area contributed by atoms with Crippen LogP contribution in [0.1, 0.15) is 18.5 Å². The summed E-state index contributed by atoms with van der Waals surface area (Å²) in [5.74, 6) is 0. The molecule has 11 heavy (non-hydrogen) atoms. The van der Waals surface area contributed by atoms with Crippen LogP contribution in [0.5, 0.6) is 0 Å². The molecule has 0 amide bonds. The van der Waals surface area contributed by atoms with Crippen molar-refractivity contribution < 1.29 is 0 Å². The van der Waals surface area contributed by atoms with Crippen molar-refractivity contribution >= 4 is 23.4 Å². The number of benzene rings is 1. The molecule has 3 heteroatoms. The van der Waals surface area contributed by atoms with Crippen LogP contribution in [0.4, 0.5) is 0 Å². The molecule has 0 saturated heterocycles. The molecule has 0 aliphatic carbocycles. The molecule has 0 bridgehead atoms. The van der Waals surface area contributed by atoms with Crippen molar-refractivity contribution in [3.63, 3.8) is 0 Å². The molecule has 1 aromatic rings. The molecule has 0 fully saturated rings. The summed E-state index contributed by atoms with van der Waals surface area (Å²) in [5, 5.41) is 0.746. The number of hydrogen-bond acceptors (Lipinski definition) is 1. The Morgan fingerprint density at radius 2 is 1.82 bits per heavy atom. The van der Waals surface area contributed by atoms with Gasteiger partial charge in [0.1, 0.15) is 0 Å². The fourth-order valence-electron chi connectivity index (χ4n) is 0.814. The van der Waals surface area contributed by atoms with Crippen LogP contribution in [0.3, 0.4) is 0 Å². The fourth-order valence-corrected chi connectivity index (χ4v) is 1.07. The lowest BCUT2D eigenvalue weighted by Crippen LogP contribution is -2.05. The summed E-state index contributed by atoms with van der Waals surface area (Å²) in [5.41, 5.74) is 1.13. The topological polar surface area (TPSA) is 12.0 Å². The largest absolute Gasteiger partial charge is 0.226 e. The van der Waals surface area contributed by atoms with E-state index in [2.05, 4.69) is 4.84 Å². The van der Waals surface area contributed by atoms with Gasteiger partial charge >= 0.3 is 0 Å². The fraction of sp³-hybridized carbons (Fsp3) is 0.250. The summed E-state index contributed by atoms with van der Waals surface area (Å²) in [6, 6.07) is 7.75. The highest BCUT2D eigenvalue weighted by molar-refractivity contribution is 6.30. The molecule has 0 aliphatic rings. The van der Waals surface area contributed by atoms with Crippen LogP contribution in [-0.2, 0) is 0 Å². The van der Waals surface area contributed by atoms with E-state index >= 15 is 0 Å². The summed E-state index contributed by atoms with van der Waals surface area (Å²) in [6.07, 6.45) is 0. The van der Waals surface area contributed by atoms with Gasteiger partial charge in [-0.15, -0.1) is 0 Å². The maximum Gasteiger partial charge on any atom is 0.0442 e. The first-order chi connectivity index (χ1) is 5.24. The monoisotopic (exact) mass is 189 g/mol. The molecule has 60 valence electrons. The average molecular weight is 190 g/mol. The second-order valence-electron chi connectivity index (χ2n) is 2.38. The maximum atomic E-state index is 5.71. The van der Waals surface area contributed by atoms with E-state index in [1.807, 2.05) is 31.2 Å². The van der Waals surface area contributed by atoms with Gasteiger partial charge in [-0.3, -0.25) is 0 Å². The minimum Gasteiger partial charge on any atom is -0.226 e. The smallest absolute Gasteiger partial charge is 0.0442 e. The van der Waals surface area contributed by atoms with Gasteiger partial charge in [0.25, 0.3) is 0 Å². The second-order valence-corrected chi connectivity index (χ2v) is 3.04. The van der Waals surface area contributed by atoms with Gasteiger partial charge in [-0.1, -0.05) is 23.7 Å². The van der Waals surface area contributed by atoms with Gasteiger partial charge < -0.3 is 0 Å². The number of nitrogens with one attached hydrogen (secondary N) is 1. The molecule has 0 aromatic heterocycles. The van der Waals surface area contributed by atoms with Crippen LogP contribution in [0, 0.1) is 0 Å². The Morgan fingerprint density at radius 3 is 2.27 bits per heavy atom. The summed E-state index contributed by atoms with van der Waals surface area (Å²) in [4.78, 5) is 2.63. The molecule has 0 unspecified atom stereocenters. The molecule has 0 aliphatic heterocycles. The van der Waals surface area contributed by atoms with Crippen molar-refractivity contribution in [1.29, 1.82) is 0 Å². The molecule has 1 nitrogen and oxygen atoms in total. The standard InChI is InChI=1S/C8H9Cl2N/c1-6(11-10)7-2-4-8(9)5-3-7/h2-6,11H,1H3/t6-/m0/s1. The van der Waals surface area contributed by atoms with Crippen molar-refractivity contribution in [1.82, 2.24) is 4.84 Å². The van der Waals surface area contributed by atoms with Crippen LogP contribution in [0.15, 0.2) is 24.3 Å². The second kappa shape index (κ2) is 3.96. The van der Waals surface area contributed by atoms with Gasteiger partial charge in [0.2, 0.25) is 0 Å². The van der Waals surface area contributed by atoms with Crippen LogP contribution >= 0.6 is 23.4 Å². The Bertz CT molecular complexity index is 220. The number of halogens is 2. The number of hydrogen-bond donors (Lipinski definition) is 1. The van der Waals surface area contributed by atoms with Gasteiger partial charge in [0, 0.05) is 11.1 Å². The van der Waals surface area contributed by atoms with E-state index < -0.39 is 0 Å². The Hall–Kier alpha value is -0.240. The quantitative estimate of drug-likeness (QED) is 0.706. The lowest BCUT2D eigenvalue weighted by molar-refractivity contribution is 0.745. The average Bonchev–Trinajstić information content (AvgIpc) is 2.05. The molecule has 1 N–H and O–H groups in total. The lowest BCUT2D eigenvalue weighted by atomic mass is 10.1. The minimum atomic E-state index is 0.161. The van der Waals surface area contributed by atoms with E-state index in [4.69, 9.17) is 23.4 Å². The summed E-state index contributed by atoms with van der Waals surface area (Å²) in [6.45, 7) is 1.98. The zero-order valence-corrected chi connectivity index (χ0v) is 7.65. The van der Waals surface area contributed by atoms with Crippen molar-refractivity contribution in [3.05, 3.63) is 34.9 Å². The third-order valence-electron chi connectivity index (χ3n) is 1.53. The molecule has 0 radical (unpaired) electrons. The minimum absolute atomic E-state index is 0.161. The molecule has 1 rings (SSSR count). The first kappa shape index (κ1) is 8.85. The van der Waals surface area contributed by atoms with Crippen molar-refractivity contribution in [3.8, 4) is 0 Å². The van der Waals surface area contributed by atoms with E-state index in [0.29, 0.717) is 0 Å². The molecule has 1 atom stereocenters. The molecule has 0 spiro atoms. The van der Waals surface area contributed by atoms with Crippen LogP contribution < -0.4 is 4.84 Å². The zero-order chi connectivity index (χ0) is 8.27. The molecule has 1 aromatic carbocycles. The Morgan fingerprint density at radius 1 is 1.27 bits per heavy atom. The van der Waals surface area contributed by atoms with Crippen molar-refractivity contribution in [2.45, 2.75) is 13.0 Å². The summed E-state index contributed by atoms with van der Waals surface area (Å²) >= 11 is 11.1. The summed E-state index contributed by atoms with van der Waals surface area (Å²) in [7, 11) is 0. The van der Waals surface area contributed by atoms with Gasteiger partial charge in [0.05, 0.1) is 0 Å². The van der Waals surface area contributed by atoms with Gasteiger partial charge in [-0.25, -0.2) is 4.84 Å². The first-order valence-electron chi connectivity index (χ1n) is 3.35. The van der Waals surface area contributed by atoms with E-state index in [1.165, 1.54) is 0 Å². The highest BCUT2D eigenvalue weighted by Crippen LogP contribution is 2.15. The molecular formula is C8H9Cl2N. The van der Waals surface area contributed by atoms with Crippen molar-refractivity contribution in [2.75, 3.05) is 0 Å². The highest BCUT2D eigenvalue weighted by Gasteiger charge is 2.01. The first-order valence-corrected chi connectivity index (χ1v) is 4.11. The highest BCUT2D eigenvalue weighted by atomic mass is 35.5. The Balaban J connectivity index is 2.81. The van der Waals surface area contributed by atoms with Crippen LogP contribution in [0.25, 0.3) is 0 Å². The molecular weight excluding hydrogens is 181 g/mol. The molecule has 0 saturated carbocycles. The number of rotatable bonds is 2. The van der Waals surface area contributed by atoms with Crippen LogP contribution in [0.2, 0.25) is 5.02 Å². The van der Waals surface area contributed by atoms with E-state index in [0.717, 1.165) is 10.6 Å². The zero-order valence-electron chi connectivity index (χ0n) is 6.14. The van der Waals surface area contributed by atoms with Gasteiger partial charge in [0.15, 0.2) is 0 Å². The predicted molar refractivity (Wildman–Crippen MR) is 48.9 cm³/mol. The third kappa shape index (κ3) is 2.37.